The van der Waals surface area contributed by atoms with E-state index in [9.17, 15) is 5.11 Å². The van der Waals surface area contributed by atoms with E-state index in [0.717, 1.165) is 24.5 Å². The Hall–Kier alpha value is -0.570. The molecule has 2 N–H and O–H groups in total. The van der Waals surface area contributed by atoms with Crippen molar-refractivity contribution in [2.24, 2.45) is 5.92 Å². The Balaban J connectivity index is 2.24. The number of benzene rings is 1. The third-order valence-electron chi connectivity index (χ3n) is 3.15. The van der Waals surface area contributed by atoms with Crippen LogP contribution in [0.5, 0.6) is 0 Å². The molecular formula is C12H16ClNO. The Labute approximate surface area is 95.3 Å². The van der Waals surface area contributed by atoms with Crippen LogP contribution >= 0.6 is 11.6 Å². The van der Waals surface area contributed by atoms with Crippen molar-refractivity contribution in [3.8, 4) is 0 Å². The number of hydrogen-bond donors (Lipinski definition) is 2. The molecule has 0 aromatic heterocycles. The SMILES string of the molecule is OCC1CNCCC1c1ccccc1Cl. The molecule has 15 heavy (non-hydrogen) atoms. The fraction of sp³-hybridized carbons (Fsp3) is 0.500. The topological polar surface area (TPSA) is 32.3 Å². The lowest BCUT2D eigenvalue weighted by molar-refractivity contribution is 0.179. The van der Waals surface area contributed by atoms with Crippen molar-refractivity contribution in [3.05, 3.63) is 34.9 Å². The van der Waals surface area contributed by atoms with Gasteiger partial charge in [-0.3, -0.25) is 0 Å². The van der Waals surface area contributed by atoms with Gasteiger partial charge in [0.15, 0.2) is 0 Å². The molecule has 1 saturated heterocycles. The van der Waals surface area contributed by atoms with Crippen molar-refractivity contribution >= 4 is 11.6 Å². The predicted molar refractivity (Wildman–Crippen MR) is 62.3 cm³/mol. The minimum atomic E-state index is 0.225. The smallest absolute Gasteiger partial charge is 0.0477 e. The van der Waals surface area contributed by atoms with Crippen LogP contribution in [-0.4, -0.2) is 24.8 Å². The second-order valence-electron chi connectivity index (χ2n) is 4.06. The van der Waals surface area contributed by atoms with Crippen LogP contribution in [0.4, 0.5) is 0 Å². The average molecular weight is 226 g/mol. The summed E-state index contributed by atoms with van der Waals surface area (Å²) in [7, 11) is 0. The van der Waals surface area contributed by atoms with E-state index >= 15 is 0 Å². The first-order valence-electron chi connectivity index (χ1n) is 5.39. The Morgan fingerprint density at radius 1 is 1.40 bits per heavy atom. The van der Waals surface area contributed by atoms with E-state index in [4.69, 9.17) is 11.6 Å². The van der Waals surface area contributed by atoms with Gasteiger partial charge in [0.1, 0.15) is 0 Å². The molecule has 0 bridgehead atoms. The number of aliphatic hydroxyl groups excluding tert-OH is 1. The zero-order chi connectivity index (χ0) is 10.7. The zero-order valence-corrected chi connectivity index (χ0v) is 9.37. The van der Waals surface area contributed by atoms with Gasteiger partial charge in [0, 0.05) is 24.1 Å². The Bertz CT molecular complexity index is 329. The molecule has 3 heteroatoms. The number of aliphatic hydroxyl groups is 1. The maximum absolute atomic E-state index is 9.33. The van der Waals surface area contributed by atoms with Gasteiger partial charge >= 0.3 is 0 Å². The Morgan fingerprint density at radius 2 is 2.20 bits per heavy atom. The van der Waals surface area contributed by atoms with E-state index < -0.39 is 0 Å². The van der Waals surface area contributed by atoms with Crippen molar-refractivity contribution in [3.63, 3.8) is 0 Å². The van der Waals surface area contributed by atoms with Gasteiger partial charge in [-0.25, -0.2) is 0 Å². The minimum absolute atomic E-state index is 0.225. The first-order valence-corrected chi connectivity index (χ1v) is 5.76. The second kappa shape index (κ2) is 4.97. The van der Waals surface area contributed by atoms with Crippen molar-refractivity contribution in [2.75, 3.05) is 19.7 Å². The fourth-order valence-electron chi connectivity index (χ4n) is 2.30. The molecule has 0 spiro atoms. The number of nitrogens with one attached hydrogen (secondary N) is 1. The lowest BCUT2D eigenvalue weighted by Gasteiger charge is -2.31. The maximum Gasteiger partial charge on any atom is 0.0477 e. The number of rotatable bonds is 2. The van der Waals surface area contributed by atoms with Crippen LogP contribution in [-0.2, 0) is 0 Å². The van der Waals surface area contributed by atoms with Crippen LogP contribution in [0.3, 0.4) is 0 Å². The molecule has 1 aromatic rings. The van der Waals surface area contributed by atoms with Crippen LogP contribution in [0, 0.1) is 5.92 Å². The van der Waals surface area contributed by atoms with Gasteiger partial charge in [0.25, 0.3) is 0 Å². The maximum atomic E-state index is 9.33. The molecule has 82 valence electrons. The van der Waals surface area contributed by atoms with E-state index in [1.54, 1.807) is 0 Å². The molecule has 0 radical (unpaired) electrons. The molecular weight excluding hydrogens is 210 g/mol. The first kappa shape index (κ1) is 10.9. The molecule has 0 saturated carbocycles. The van der Waals surface area contributed by atoms with Crippen LogP contribution < -0.4 is 5.32 Å². The van der Waals surface area contributed by atoms with Gasteiger partial charge in [-0.1, -0.05) is 29.8 Å². The molecule has 0 amide bonds. The van der Waals surface area contributed by atoms with E-state index in [1.807, 2.05) is 18.2 Å². The van der Waals surface area contributed by atoms with Gasteiger partial charge in [-0.05, 0) is 30.5 Å². The number of hydrogen-bond acceptors (Lipinski definition) is 2. The predicted octanol–water partition coefficient (Wildman–Crippen LogP) is 2.03. The minimum Gasteiger partial charge on any atom is -0.396 e. The first-order chi connectivity index (χ1) is 7.33. The molecule has 2 rings (SSSR count). The van der Waals surface area contributed by atoms with Crippen LogP contribution in [0.25, 0.3) is 0 Å². The Kier molecular flexibility index (Phi) is 3.62. The summed E-state index contributed by atoms with van der Waals surface area (Å²) < 4.78 is 0. The monoisotopic (exact) mass is 225 g/mol. The normalized spacial score (nSPS) is 26.5. The molecule has 1 heterocycles. The summed E-state index contributed by atoms with van der Waals surface area (Å²) in [6.07, 6.45) is 1.05. The van der Waals surface area contributed by atoms with Gasteiger partial charge in [0.2, 0.25) is 0 Å². The highest BCUT2D eigenvalue weighted by Crippen LogP contribution is 2.34. The summed E-state index contributed by atoms with van der Waals surface area (Å²) in [5.41, 5.74) is 1.18. The summed E-state index contributed by atoms with van der Waals surface area (Å²) in [6.45, 7) is 2.11. The highest BCUT2D eigenvalue weighted by atomic mass is 35.5. The van der Waals surface area contributed by atoms with E-state index in [1.165, 1.54) is 5.56 Å². The zero-order valence-electron chi connectivity index (χ0n) is 8.62. The summed E-state index contributed by atoms with van der Waals surface area (Å²) in [6, 6.07) is 7.95. The van der Waals surface area contributed by atoms with Gasteiger partial charge in [-0.2, -0.15) is 0 Å². The molecule has 1 aromatic carbocycles. The van der Waals surface area contributed by atoms with Crippen LogP contribution in [0.15, 0.2) is 24.3 Å². The summed E-state index contributed by atoms with van der Waals surface area (Å²) in [4.78, 5) is 0. The van der Waals surface area contributed by atoms with E-state index in [-0.39, 0.29) is 6.61 Å². The molecule has 2 unspecified atom stereocenters. The van der Waals surface area contributed by atoms with Crippen molar-refractivity contribution in [2.45, 2.75) is 12.3 Å². The summed E-state index contributed by atoms with van der Waals surface area (Å²) in [5, 5.41) is 13.5. The molecule has 0 aliphatic carbocycles. The van der Waals surface area contributed by atoms with E-state index in [2.05, 4.69) is 11.4 Å². The quantitative estimate of drug-likeness (QED) is 0.807. The number of piperidine rings is 1. The van der Waals surface area contributed by atoms with Crippen LogP contribution in [0.1, 0.15) is 17.9 Å². The molecule has 1 fully saturated rings. The average Bonchev–Trinajstić information content (AvgIpc) is 2.30. The third-order valence-corrected chi connectivity index (χ3v) is 3.49. The van der Waals surface area contributed by atoms with Crippen molar-refractivity contribution in [1.29, 1.82) is 0 Å². The van der Waals surface area contributed by atoms with Gasteiger partial charge in [-0.15, -0.1) is 0 Å². The third kappa shape index (κ3) is 2.33. The van der Waals surface area contributed by atoms with Crippen molar-refractivity contribution in [1.82, 2.24) is 5.32 Å². The van der Waals surface area contributed by atoms with E-state index in [0.29, 0.717) is 11.8 Å². The highest BCUT2D eigenvalue weighted by molar-refractivity contribution is 6.31. The lowest BCUT2D eigenvalue weighted by Crippen LogP contribution is -2.37. The largest absolute Gasteiger partial charge is 0.396 e. The van der Waals surface area contributed by atoms with Crippen LogP contribution in [0.2, 0.25) is 5.02 Å². The standard InChI is InChI=1S/C12H16ClNO/c13-12-4-2-1-3-11(12)10-5-6-14-7-9(10)8-15/h1-4,9-10,14-15H,5-8H2. The summed E-state index contributed by atoms with van der Waals surface area (Å²) >= 11 is 6.18. The van der Waals surface area contributed by atoms with Crippen molar-refractivity contribution < 1.29 is 5.11 Å². The second-order valence-corrected chi connectivity index (χ2v) is 4.47. The molecule has 1 aliphatic rings. The molecule has 2 nitrogen and oxygen atoms in total. The number of halogens is 1. The highest BCUT2D eigenvalue weighted by Gasteiger charge is 2.26. The Morgan fingerprint density at radius 3 is 2.93 bits per heavy atom. The fourth-order valence-corrected chi connectivity index (χ4v) is 2.58. The van der Waals surface area contributed by atoms with Gasteiger partial charge in [0.05, 0.1) is 0 Å². The summed E-state index contributed by atoms with van der Waals surface area (Å²) in [5.74, 6) is 0.684. The lowest BCUT2D eigenvalue weighted by atomic mass is 9.81. The molecule has 2 atom stereocenters. The van der Waals surface area contributed by atoms with Gasteiger partial charge < -0.3 is 10.4 Å². The molecule has 1 aliphatic heterocycles.